The predicted octanol–water partition coefficient (Wildman–Crippen LogP) is 3.09. The van der Waals surface area contributed by atoms with Crippen molar-refractivity contribution in [1.29, 1.82) is 0 Å². The third kappa shape index (κ3) is 3.07. The summed E-state index contributed by atoms with van der Waals surface area (Å²) in [5.41, 5.74) is 2.93. The number of hydrogen-bond donors (Lipinski definition) is 2. The van der Waals surface area contributed by atoms with Crippen molar-refractivity contribution in [3.63, 3.8) is 0 Å². The van der Waals surface area contributed by atoms with Crippen molar-refractivity contribution in [2.75, 3.05) is 5.32 Å². The van der Waals surface area contributed by atoms with Crippen LogP contribution < -0.4 is 10.7 Å². The van der Waals surface area contributed by atoms with E-state index >= 15 is 0 Å². The van der Waals surface area contributed by atoms with Gasteiger partial charge in [-0.3, -0.25) is 9.59 Å². The number of H-pyrrole nitrogens is 1. The van der Waals surface area contributed by atoms with Crippen molar-refractivity contribution in [3.8, 4) is 0 Å². The number of rotatable bonds is 3. The molecule has 5 heteroatoms. The number of anilines is 1. The number of amides is 1. The van der Waals surface area contributed by atoms with Gasteiger partial charge in [0.05, 0.1) is 17.1 Å². The van der Waals surface area contributed by atoms with Gasteiger partial charge in [0.25, 0.3) is 0 Å². The zero-order chi connectivity index (χ0) is 15.5. The van der Waals surface area contributed by atoms with E-state index in [4.69, 9.17) is 11.6 Å². The highest BCUT2D eigenvalue weighted by atomic mass is 35.5. The summed E-state index contributed by atoms with van der Waals surface area (Å²) in [6, 6.07) is 7.04. The summed E-state index contributed by atoms with van der Waals surface area (Å²) in [4.78, 5) is 27.7. The molecule has 1 heterocycles. The van der Waals surface area contributed by atoms with E-state index in [1.165, 1.54) is 0 Å². The first-order valence-electron chi connectivity index (χ1n) is 7.42. The molecule has 1 aliphatic carbocycles. The molecule has 0 radical (unpaired) electrons. The Morgan fingerprint density at radius 3 is 2.82 bits per heavy atom. The van der Waals surface area contributed by atoms with Crippen molar-refractivity contribution in [1.82, 2.24) is 4.98 Å². The zero-order valence-corrected chi connectivity index (χ0v) is 12.9. The average molecular weight is 317 g/mol. The minimum absolute atomic E-state index is 0.00255. The van der Waals surface area contributed by atoms with E-state index in [-0.39, 0.29) is 17.8 Å². The molecule has 0 saturated heterocycles. The number of carbonyl (C=O) groups excluding carboxylic acids is 1. The molecule has 0 aliphatic heterocycles. The fraction of sp³-hybridized carbons (Fsp3) is 0.294. The number of hydrogen-bond acceptors (Lipinski definition) is 2. The highest BCUT2D eigenvalue weighted by molar-refractivity contribution is 6.33. The van der Waals surface area contributed by atoms with E-state index in [0.717, 1.165) is 36.9 Å². The molecule has 1 aromatic carbocycles. The molecule has 1 amide bonds. The molecule has 1 aliphatic rings. The second-order valence-electron chi connectivity index (χ2n) is 5.51. The second kappa shape index (κ2) is 6.36. The van der Waals surface area contributed by atoms with Crippen LogP contribution in [0.1, 0.15) is 29.7 Å². The number of pyridine rings is 1. The lowest BCUT2D eigenvalue weighted by atomic mass is 9.94. The number of halogens is 1. The van der Waals surface area contributed by atoms with E-state index in [9.17, 15) is 9.59 Å². The van der Waals surface area contributed by atoms with Crippen molar-refractivity contribution in [2.24, 2.45) is 0 Å². The Bertz CT molecular complexity index is 767. The molecular formula is C17H17ClN2O2. The van der Waals surface area contributed by atoms with Gasteiger partial charge >= 0.3 is 0 Å². The quantitative estimate of drug-likeness (QED) is 0.914. The summed E-state index contributed by atoms with van der Waals surface area (Å²) in [7, 11) is 0. The number of aryl methyl sites for hydroxylation is 1. The van der Waals surface area contributed by atoms with Crippen molar-refractivity contribution < 1.29 is 4.79 Å². The van der Waals surface area contributed by atoms with Gasteiger partial charge in [-0.25, -0.2) is 0 Å². The molecule has 2 N–H and O–H groups in total. The Kier molecular flexibility index (Phi) is 4.29. The standard InChI is InChI=1S/C17H17ClN2O2/c18-13-6-2-4-8-15(13)20-16(21)9-11-10-19-14-7-3-1-5-12(14)17(11)22/h2,4,6,8,10H,1,3,5,7,9H2,(H,19,22)(H,20,21). The fourth-order valence-corrected chi connectivity index (χ4v) is 2.99. The summed E-state index contributed by atoms with van der Waals surface area (Å²) in [5, 5.41) is 3.22. The van der Waals surface area contributed by atoms with Gasteiger partial charge in [0, 0.05) is 23.0 Å². The largest absolute Gasteiger partial charge is 0.364 e. The number of aromatic nitrogens is 1. The van der Waals surface area contributed by atoms with Gasteiger partial charge in [0.1, 0.15) is 0 Å². The number of fused-ring (bicyclic) bond motifs is 1. The first-order valence-corrected chi connectivity index (χ1v) is 7.79. The lowest BCUT2D eigenvalue weighted by Gasteiger charge is -2.15. The lowest BCUT2D eigenvalue weighted by Crippen LogP contribution is -2.25. The minimum atomic E-state index is -0.241. The maximum Gasteiger partial charge on any atom is 0.229 e. The zero-order valence-electron chi connectivity index (χ0n) is 12.1. The molecule has 0 fully saturated rings. The first-order chi connectivity index (χ1) is 10.6. The average Bonchev–Trinajstić information content (AvgIpc) is 2.53. The molecule has 1 aromatic heterocycles. The number of para-hydroxylation sites is 1. The SMILES string of the molecule is O=C(Cc1c[nH]c2c(c1=O)CCCC2)Nc1ccccc1Cl. The topological polar surface area (TPSA) is 62.0 Å². The van der Waals surface area contributed by atoms with Crippen LogP contribution in [-0.2, 0) is 24.1 Å². The van der Waals surface area contributed by atoms with Gasteiger partial charge in [0.15, 0.2) is 5.43 Å². The van der Waals surface area contributed by atoms with E-state index in [1.807, 2.05) is 0 Å². The van der Waals surface area contributed by atoms with E-state index in [2.05, 4.69) is 10.3 Å². The molecule has 114 valence electrons. The van der Waals surface area contributed by atoms with Gasteiger partial charge in [-0.05, 0) is 37.8 Å². The van der Waals surface area contributed by atoms with Gasteiger partial charge in [-0.1, -0.05) is 23.7 Å². The molecule has 0 saturated carbocycles. The number of benzene rings is 1. The van der Waals surface area contributed by atoms with Gasteiger partial charge in [-0.2, -0.15) is 0 Å². The van der Waals surface area contributed by atoms with Crippen LogP contribution in [0.4, 0.5) is 5.69 Å². The van der Waals surface area contributed by atoms with Crippen LogP contribution in [0.3, 0.4) is 0 Å². The van der Waals surface area contributed by atoms with Crippen LogP contribution in [0, 0.1) is 0 Å². The van der Waals surface area contributed by atoms with Gasteiger partial charge in [0.2, 0.25) is 5.91 Å². The first kappa shape index (κ1) is 14.9. The van der Waals surface area contributed by atoms with Crippen molar-refractivity contribution in [2.45, 2.75) is 32.1 Å². The summed E-state index contributed by atoms with van der Waals surface area (Å²) in [6.07, 6.45) is 5.56. The Balaban J connectivity index is 1.77. The second-order valence-corrected chi connectivity index (χ2v) is 5.92. The van der Waals surface area contributed by atoms with Gasteiger partial charge in [-0.15, -0.1) is 0 Å². The van der Waals surface area contributed by atoms with Gasteiger partial charge < -0.3 is 10.3 Å². The molecule has 0 bridgehead atoms. The number of aromatic amines is 1. The normalized spacial score (nSPS) is 13.5. The Morgan fingerprint density at radius 1 is 1.23 bits per heavy atom. The van der Waals surface area contributed by atoms with Crippen LogP contribution in [-0.4, -0.2) is 10.9 Å². The number of nitrogens with one attached hydrogen (secondary N) is 2. The fourth-order valence-electron chi connectivity index (χ4n) is 2.81. The highest BCUT2D eigenvalue weighted by Gasteiger charge is 2.17. The molecule has 3 rings (SSSR count). The maximum absolute atomic E-state index is 12.4. The van der Waals surface area contributed by atoms with Crippen LogP contribution >= 0.6 is 11.6 Å². The molecular weight excluding hydrogens is 300 g/mol. The highest BCUT2D eigenvalue weighted by Crippen LogP contribution is 2.21. The monoisotopic (exact) mass is 316 g/mol. The summed E-state index contributed by atoms with van der Waals surface area (Å²) >= 11 is 6.01. The molecule has 2 aromatic rings. The van der Waals surface area contributed by atoms with Crippen LogP contribution in [0.5, 0.6) is 0 Å². The summed E-state index contributed by atoms with van der Waals surface area (Å²) in [5.74, 6) is -0.241. The van der Waals surface area contributed by atoms with Crippen LogP contribution in [0.25, 0.3) is 0 Å². The van der Waals surface area contributed by atoms with E-state index in [1.54, 1.807) is 30.5 Å². The summed E-state index contributed by atoms with van der Waals surface area (Å²) < 4.78 is 0. The Labute approximate surface area is 133 Å². The summed E-state index contributed by atoms with van der Waals surface area (Å²) in [6.45, 7) is 0. The molecule has 0 unspecified atom stereocenters. The smallest absolute Gasteiger partial charge is 0.229 e. The molecule has 22 heavy (non-hydrogen) atoms. The van der Waals surface area contributed by atoms with E-state index in [0.29, 0.717) is 16.3 Å². The number of carbonyl (C=O) groups is 1. The predicted molar refractivity (Wildman–Crippen MR) is 87.5 cm³/mol. The van der Waals surface area contributed by atoms with Crippen LogP contribution in [0.2, 0.25) is 5.02 Å². The third-order valence-corrected chi connectivity index (χ3v) is 4.28. The molecule has 0 atom stereocenters. The lowest BCUT2D eigenvalue weighted by molar-refractivity contribution is -0.115. The van der Waals surface area contributed by atoms with Crippen molar-refractivity contribution >= 4 is 23.2 Å². The molecule has 0 spiro atoms. The van der Waals surface area contributed by atoms with E-state index < -0.39 is 0 Å². The van der Waals surface area contributed by atoms with Crippen LogP contribution in [0.15, 0.2) is 35.3 Å². The third-order valence-electron chi connectivity index (χ3n) is 3.95. The Morgan fingerprint density at radius 2 is 2.00 bits per heavy atom. The minimum Gasteiger partial charge on any atom is -0.364 e. The van der Waals surface area contributed by atoms with Crippen molar-refractivity contribution in [3.05, 3.63) is 62.5 Å². The molecule has 4 nitrogen and oxygen atoms in total. The Hall–Kier alpha value is -2.07. The maximum atomic E-state index is 12.4.